The van der Waals surface area contributed by atoms with Gasteiger partial charge in [0.15, 0.2) is 0 Å². The van der Waals surface area contributed by atoms with Crippen LogP contribution < -0.4 is 0 Å². The van der Waals surface area contributed by atoms with Crippen molar-refractivity contribution in [2.24, 2.45) is 0 Å². The van der Waals surface area contributed by atoms with E-state index in [1.54, 1.807) is 3.71 Å². The molecule has 0 fully saturated rings. The molecule has 19 heavy (non-hydrogen) atoms. The quantitative estimate of drug-likeness (QED) is 0.599. The molecular weight excluding hydrogens is 272 g/mol. The van der Waals surface area contributed by atoms with E-state index < -0.39 is 0 Å². The fourth-order valence-electron chi connectivity index (χ4n) is 1.74. The number of fused-ring (bicyclic) bond motifs is 1. The van der Waals surface area contributed by atoms with Crippen molar-refractivity contribution < 1.29 is 0 Å². The van der Waals surface area contributed by atoms with Gasteiger partial charge in [0.25, 0.3) is 0 Å². The molecule has 3 rings (SSSR count). The van der Waals surface area contributed by atoms with Gasteiger partial charge in [-0.25, -0.2) is 0 Å². The predicted molar refractivity (Wildman–Crippen MR) is 88.3 cm³/mol. The molecule has 1 N–H and O–H groups in total. The highest BCUT2D eigenvalue weighted by Gasteiger charge is 1.92. The van der Waals surface area contributed by atoms with Gasteiger partial charge in [0.2, 0.25) is 0 Å². The van der Waals surface area contributed by atoms with Gasteiger partial charge in [-0.1, -0.05) is 74.2 Å². The Morgan fingerprint density at radius 3 is 2.21 bits per heavy atom. The number of aromatic nitrogens is 1. The average molecular weight is 288 g/mol. The Hall–Kier alpha value is -1.36. The second-order valence-electron chi connectivity index (χ2n) is 4.08. The maximum atomic E-state index is 4.01. The van der Waals surface area contributed by atoms with E-state index in [1.165, 1.54) is 16.5 Å². The highest BCUT2D eigenvalue weighted by atomic mass is 32.2. The Morgan fingerprint density at radius 2 is 1.53 bits per heavy atom. The third-order valence-corrected chi connectivity index (χ3v) is 2.91. The monoisotopic (exact) mass is 288 g/mol. The number of aromatic amines is 1. The zero-order valence-electron chi connectivity index (χ0n) is 10.4. The fraction of sp³-hybridized carbons (Fsp3) is 0.0667. The molecule has 1 heterocycles. The lowest BCUT2D eigenvalue weighted by molar-refractivity contribution is 0.758. The van der Waals surface area contributed by atoms with Crippen LogP contribution in [-0.4, -0.2) is 8.69 Å². The first-order valence-electron chi connectivity index (χ1n) is 5.97. The van der Waals surface area contributed by atoms with Crippen molar-refractivity contribution >= 4 is 36.5 Å². The molecule has 0 atom stereocenters. The van der Waals surface area contributed by atoms with Crippen molar-refractivity contribution in [3.8, 4) is 0 Å². The number of H-pyrrole nitrogens is 1. The zero-order valence-corrected chi connectivity index (χ0v) is 12.2. The van der Waals surface area contributed by atoms with Crippen LogP contribution in [0.25, 0.3) is 10.9 Å². The number of nitrogens with one attached hydrogen (secondary N) is 1. The largest absolute Gasteiger partial charge is 0.361 e. The molecule has 98 valence electrons. The summed E-state index contributed by atoms with van der Waals surface area (Å²) in [5.74, 6) is 0. The Balaban J connectivity index is 0.000000141. The summed E-state index contributed by atoms with van der Waals surface area (Å²) in [5, 5.41) is 1.28. The highest BCUT2D eigenvalue weighted by molar-refractivity contribution is 7.93. The molecule has 3 aromatic rings. The Morgan fingerprint density at radius 1 is 0.842 bits per heavy atom. The van der Waals surface area contributed by atoms with E-state index in [-0.39, 0.29) is 0 Å². The van der Waals surface area contributed by atoms with Crippen molar-refractivity contribution in [1.82, 2.24) is 8.69 Å². The maximum absolute atomic E-state index is 4.01. The van der Waals surface area contributed by atoms with Gasteiger partial charge in [0.05, 0.1) is 0 Å². The molecule has 1 aromatic heterocycles. The molecule has 0 amide bonds. The van der Waals surface area contributed by atoms with Crippen LogP contribution in [0.4, 0.5) is 0 Å². The van der Waals surface area contributed by atoms with E-state index in [2.05, 4.69) is 48.8 Å². The van der Waals surface area contributed by atoms with E-state index in [0.717, 1.165) is 6.54 Å². The van der Waals surface area contributed by atoms with Crippen LogP contribution in [0.3, 0.4) is 0 Å². The van der Waals surface area contributed by atoms with Crippen molar-refractivity contribution in [1.29, 1.82) is 0 Å². The molecule has 0 aliphatic carbocycles. The number of benzene rings is 2. The van der Waals surface area contributed by atoms with E-state index in [1.807, 2.05) is 48.7 Å². The molecule has 2 nitrogen and oxygen atoms in total. The predicted octanol–water partition coefficient (Wildman–Crippen LogP) is 4.35. The molecule has 0 saturated carbocycles. The van der Waals surface area contributed by atoms with Crippen LogP contribution in [0.1, 0.15) is 5.56 Å². The topological polar surface area (TPSA) is 19.0 Å². The molecule has 0 spiro atoms. The number of hydrogen-bond acceptors (Lipinski definition) is 3. The highest BCUT2D eigenvalue weighted by Crippen LogP contribution is 2.09. The minimum absolute atomic E-state index is 0.757. The summed E-state index contributed by atoms with van der Waals surface area (Å²) in [6, 6.07) is 20.4. The number of rotatable bonds is 2. The van der Waals surface area contributed by atoms with Crippen LogP contribution in [0.15, 0.2) is 66.9 Å². The fourth-order valence-corrected chi connectivity index (χ4v) is 2.07. The van der Waals surface area contributed by atoms with Gasteiger partial charge in [-0.3, -0.25) is 0 Å². The second kappa shape index (κ2) is 7.28. The zero-order chi connectivity index (χ0) is 13.5. The van der Waals surface area contributed by atoms with E-state index >= 15 is 0 Å². The van der Waals surface area contributed by atoms with Crippen LogP contribution in [0.5, 0.6) is 0 Å². The summed E-state index contributed by atoms with van der Waals surface area (Å²) in [5.41, 5.74) is 2.42. The van der Waals surface area contributed by atoms with Crippen LogP contribution in [-0.2, 0) is 6.54 Å². The lowest BCUT2D eigenvalue weighted by Gasteiger charge is -2.05. The van der Waals surface area contributed by atoms with E-state index in [4.69, 9.17) is 0 Å². The normalized spacial score (nSPS) is 10.3. The smallest absolute Gasteiger partial charge is 0.0453 e. The average Bonchev–Trinajstić information content (AvgIpc) is 2.88. The number of hydrogen-bond donors (Lipinski definition) is 3. The standard InChI is InChI=1S/C8H7N.C7H9NS2/c1-2-4-8-7(3-1)5-6-9-8;9-8(10)6-7-4-2-1-3-5-7/h1-6,9H;1-5,9-10H,6H2. The third-order valence-electron chi connectivity index (χ3n) is 2.63. The van der Waals surface area contributed by atoms with Gasteiger partial charge in [-0.15, -0.1) is 0 Å². The SMILES string of the molecule is SN(S)Cc1ccccc1.c1ccc2[nH]ccc2c1. The summed E-state index contributed by atoms with van der Waals surface area (Å²) in [4.78, 5) is 3.12. The van der Waals surface area contributed by atoms with Crippen LogP contribution in [0, 0.1) is 0 Å². The van der Waals surface area contributed by atoms with Crippen molar-refractivity contribution in [2.45, 2.75) is 6.54 Å². The van der Waals surface area contributed by atoms with E-state index in [9.17, 15) is 0 Å². The van der Waals surface area contributed by atoms with Gasteiger partial charge < -0.3 is 4.98 Å². The Kier molecular flexibility index (Phi) is 5.39. The molecule has 0 bridgehead atoms. The van der Waals surface area contributed by atoms with Crippen molar-refractivity contribution in [2.75, 3.05) is 0 Å². The molecule has 4 heteroatoms. The second-order valence-corrected chi connectivity index (χ2v) is 5.36. The minimum atomic E-state index is 0.757. The molecule has 0 aliphatic heterocycles. The molecular formula is C15H16N2S2. The van der Waals surface area contributed by atoms with Gasteiger partial charge in [-0.2, -0.15) is 3.71 Å². The summed E-state index contributed by atoms with van der Waals surface area (Å²) in [6.07, 6.45) is 1.95. The maximum Gasteiger partial charge on any atom is 0.0453 e. The molecule has 2 aromatic carbocycles. The van der Waals surface area contributed by atoms with Crippen LogP contribution >= 0.6 is 25.6 Å². The number of nitrogens with zero attached hydrogens (tertiary/aromatic N) is 1. The van der Waals surface area contributed by atoms with Gasteiger partial charge >= 0.3 is 0 Å². The summed E-state index contributed by atoms with van der Waals surface area (Å²) in [7, 11) is 0. The van der Waals surface area contributed by atoms with Crippen LogP contribution in [0.2, 0.25) is 0 Å². The van der Waals surface area contributed by atoms with Crippen molar-refractivity contribution in [3.05, 3.63) is 72.4 Å². The van der Waals surface area contributed by atoms with Gasteiger partial charge in [-0.05, 0) is 23.1 Å². The Bertz CT molecular complexity index is 575. The van der Waals surface area contributed by atoms with E-state index in [0.29, 0.717) is 0 Å². The lowest BCUT2D eigenvalue weighted by Crippen LogP contribution is -1.96. The first-order valence-corrected chi connectivity index (χ1v) is 6.77. The molecule has 0 radical (unpaired) electrons. The Labute approximate surface area is 124 Å². The van der Waals surface area contributed by atoms with Gasteiger partial charge in [0, 0.05) is 18.3 Å². The van der Waals surface area contributed by atoms with Gasteiger partial charge in [0.1, 0.15) is 0 Å². The minimum Gasteiger partial charge on any atom is -0.361 e. The molecule has 0 saturated heterocycles. The number of thiol groups is 2. The first kappa shape index (κ1) is 14.1. The summed E-state index contributed by atoms with van der Waals surface area (Å²) in [6.45, 7) is 0.757. The first-order chi connectivity index (χ1) is 9.25. The number of para-hydroxylation sites is 1. The van der Waals surface area contributed by atoms with Crippen molar-refractivity contribution in [3.63, 3.8) is 0 Å². The summed E-state index contributed by atoms with van der Waals surface area (Å²) >= 11 is 8.01. The third kappa shape index (κ3) is 4.67. The molecule has 0 aliphatic rings. The lowest BCUT2D eigenvalue weighted by atomic mass is 10.2. The molecule has 0 unspecified atom stereocenters. The summed E-state index contributed by atoms with van der Waals surface area (Å²) < 4.78 is 1.55.